The smallest absolute Gasteiger partial charge is 0.132 e. The standard InChI is InChI=1S/C27H28N9O5Se/c1-15(42)22(13-37)36(27(39)40)19-11-35(12-19)26(38)34-6-5-18(10-34)32-24-23-21(30-14-31-24)4-3-20(33-23)17-7-16(8-28)25(41-2)29-9-17/h3-4,7,9,13-15,18-19,22H,5-6,10-12H2,1-2H3,(H,39,40)(H,30,31,32). The molecule has 3 aromatic rings. The van der Waals surface area contributed by atoms with Crippen LogP contribution in [0.5, 0.6) is 5.88 Å². The van der Waals surface area contributed by atoms with Gasteiger partial charge in [0.05, 0.1) is 18.3 Å². The van der Waals surface area contributed by atoms with Crippen LogP contribution in [0.15, 0.2) is 30.7 Å². The molecule has 3 atom stereocenters. The van der Waals surface area contributed by atoms with E-state index in [2.05, 4.69) is 42.4 Å². The van der Waals surface area contributed by atoms with E-state index in [4.69, 9.17) is 9.72 Å². The van der Waals surface area contributed by atoms with Crippen molar-refractivity contribution in [1.82, 2.24) is 34.6 Å². The number of nitrogens with one attached hydrogen (secondary N) is 1. The number of likely N-dealkylation sites (tertiary alicyclic amines) is 2. The van der Waals surface area contributed by atoms with Crippen LogP contribution in [-0.4, -0.2) is 126 Å². The summed E-state index contributed by atoms with van der Waals surface area (Å²) in [5.41, 5.74) is 2.69. The molecule has 2 fully saturated rings. The molecule has 3 unspecified atom stereocenters. The van der Waals surface area contributed by atoms with Gasteiger partial charge in [-0.1, -0.05) is 0 Å². The second-order valence-corrected chi connectivity index (χ2v) is 11.7. The number of nitrogens with zero attached hydrogens (tertiary/aromatic N) is 8. The van der Waals surface area contributed by atoms with Crippen molar-refractivity contribution in [2.75, 3.05) is 38.6 Å². The molecule has 217 valence electrons. The second kappa shape index (κ2) is 12.1. The van der Waals surface area contributed by atoms with Crippen LogP contribution in [0, 0.1) is 11.3 Å². The fraction of sp³-hybridized carbons (Fsp3) is 0.407. The van der Waals surface area contributed by atoms with E-state index in [9.17, 15) is 24.8 Å². The Kier molecular flexibility index (Phi) is 8.37. The normalized spacial score (nSPS) is 18.1. The SMILES string of the molecule is COc1ncc(-c2ccc3ncnc(NC4CCN(C(=O)N5CC(N(C(=O)O)C(C=O)C(C)[Se])C5)C4)c3n2)cc1C#N. The zero-order chi connectivity index (χ0) is 30.0. The maximum atomic E-state index is 13.2. The summed E-state index contributed by atoms with van der Waals surface area (Å²) in [6.45, 7) is 3.15. The Morgan fingerprint density at radius 3 is 2.71 bits per heavy atom. The Morgan fingerprint density at radius 1 is 1.26 bits per heavy atom. The number of rotatable bonds is 8. The van der Waals surface area contributed by atoms with E-state index in [0.29, 0.717) is 59.5 Å². The van der Waals surface area contributed by atoms with Crippen LogP contribution < -0.4 is 10.1 Å². The van der Waals surface area contributed by atoms with E-state index in [1.165, 1.54) is 13.4 Å². The third-order valence-corrected chi connectivity index (χ3v) is 8.02. The summed E-state index contributed by atoms with van der Waals surface area (Å²) in [5.74, 6) is 0.759. The van der Waals surface area contributed by atoms with Crippen molar-refractivity contribution in [2.45, 2.75) is 36.3 Å². The van der Waals surface area contributed by atoms with Gasteiger partial charge < -0.3 is 4.74 Å². The summed E-state index contributed by atoms with van der Waals surface area (Å²) in [5, 5.41) is 22.5. The van der Waals surface area contributed by atoms with E-state index >= 15 is 0 Å². The van der Waals surface area contributed by atoms with Crippen LogP contribution in [0.1, 0.15) is 18.9 Å². The molecule has 2 N–H and O–H groups in total. The topological polar surface area (TPSA) is 178 Å². The van der Waals surface area contributed by atoms with Crippen molar-refractivity contribution >= 4 is 51.3 Å². The predicted molar refractivity (Wildman–Crippen MR) is 151 cm³/mol. The molecule has 0 aliphatic carbocycles. The first-order valence-corrected chi connectivity index (χ1v) is 14.2. The van der Waals surface area contributed by atoms with Crippen molar-refractivity contribution in [3.8, 4) is 23.2 Å². The number of aromatic nitrogens is 4. The molecule has 5 heterocycles. The van der Waals surface area contributed by atoms with Gasteiger partial charge in [-0.3, -0.25) is 0 Å². The van der Waals surface area contributed by atoms with Gasteiger partial charge in [-0.15, -0.1) is 0 Å². The van der Waals surface area contributed by atoms with Gasteiger partial charge in [-0.05, 0) is 18.2 Å². The quantitative estimate of drug-likeness (QED) is 0.272. The molecule has 14 nitrogen and oxygen atoms in total. The van der Waals surface area contributed by atoms with Crippen molar-refractivity contribution in [3.05, 3.63) is 36.3 Å². The van der Waals surface area contributed by atoms with Gasteiger partial charge in [0.2, 0.25) is 5.88 Å². The largest absolute Gasteiger partial charge is 0.242 e. The number of methoxy groups -OCH3 is 1. The molecule has 0 aromatic carbocycles. The summed E-state index contributed by atoms with van der Waals surface area (Å²) >= 11 is 2.80. The average Bonchev–Trinajstić information content (AvgIpc) is 3.43. The van der Waals surface area contributed by atoms with E-state index in [-0.39, 0.29) is 35.9 Å². The summed E-state index contributed by atoms with van der Waals surface area (Å²) in [4.78, 5) is 58.3. The van der Waals surface area contributed by atoms with Crippen LogP contribution in [0.25, 0.3) is 22.3 Å². The van der Waals surface area contributed by atoms with Crippen LogP contribution >= 0.6 is 0 Å². The van der Waals surface area contributed by atoms with E-state index in [0.717, 1.165) is 4.90 Å². The minimum Gasteiger partial charge on any atom is -0.242 e. The number of amides is 3. The number of ether oxygens (including phenoxy) is 1. The van der Waals surface area contributed by atoms with Crippen LogP contribution in [0.4, 0.5) is 15.4 Å². The Bertz CT molecular complexity index is 1560. The minimum absolute atomic E-state index is 0.0890. The zero-order valence-corrected chi connectivity index (χ0v) is 24.6. The Hall–Kier alpha value is -4.54. The van der Waals surface area contributed by atoms with Crippen molar-refractivity contribution in [2.24, 2.45) is 0 Å². The summed E-state index contributed by atoms with van der Waals surface area (Å²) in [7, 11) is 1.45. The van der Waals surface area contributed by atoms with Gasteiger partial charge in [0, 0.05) is 11.8 Å². The summed E-state index contributed by atoms with van der Waals surface area (Å²) < 4.78 is 5.14. The third-order valence-electron chi connectivity index (χ3n) is 7.43. The van der Waals surface area contributed by atoms with Crippen molar-refractivity contribution in [3.63, 3.8) is 0 Å². The molecule has 3 amide bonds. The molecule has 2 aliphatic rings. The van der Waals surface area contributed by atoms with E-state index in [1.54, 1.807) is 35.1 Å². The molecular weight excluding hydrogens is 609 g/mol. The molecule has 0 saturated carbocycles. The molecule has 42 heavy (non-hydrogen) atoms. The summed E-state index contributed by atoms with van der Waals surface area (Å²) in [6, 6.07) is 5.84. The van der Waals surface area contributed by atoms with E-state index < -0.39 is 18.2 Å². The predicted octanol–water partition coefficient (Wildman–Crippen LogP) is 1.78. The molecule has 3 aromatic heterocycles. The maximum Gasteiger partial charge on any atom is 0.132 e. The fourth-order valence-electron chi connectivity index (χ4n) is 5.20. The summed E-state index contributed by atoms with van der Waals surface area (Å²) in [6.07, 6.45) is 3.16. The first kappa shape index (κ1) is 29.0. The van der Waals surface area contributed by atoms with Gasteiger partial charge in [-0.2, -0.15) is 5.26 Å². The number of urea groups is 1. The Morgan fingerprint density at radius 2 is 2.05 bits per heavy atom. The first-order chi connectivity index (χ1) is 20.2. The molecule has 0 bridgehead atoms. The van der Waals surface area contributed by atoms with Crippen molar-refractivity contribution < 1.29 is 24.2 Å². The molecule has 2 aliphatic heterocycles. The van der Waals surface area contributed by atoms with Gasteiger partial charge >= 0.3 is 142 Å². The number of aldehydes is 1. The number of nitriles is 1. The third kappa shape index (κ3) is 5.63. The molecule has 5 rings (SSSR count). The number of pyridine rings is 2. The van der Waals surface area contributed by atoms with Gasteiger partial charge in [0.15, 0.2) is 0 Å². The second-order valence-electron chi connectivity index (χ2n) is 10.1. The number of anilines is 1. The van der Waals surface area contributed by atoms with Gasteiger partial charge in [-0.25, -0.2) is 19.9 Å². The maximum absolute atomic E-state index is 13.2. The average molecular weight is 638 g/mol. The van der Waals surface area contributed by atoms with Crippen LogP contribution in [-0.2, 0) is 4.79 Å². The van der Waals surface area contributed by atoms with Crippen molar-refractivity contribution in [1.29, 1.82) is 5.26 Å². The number of carboxylic acid groups (broad SMARTS) is 1. The minimum atomic E-state index is -1.18. The zero-order valence-electron chi connectivity index (χ0n) is 22.9. The van der Waals surface area contributed by atoms with Gasteiger partial charge in [0.1, 0.15) is 23.5 Å². The molecule has 0 spiro atoms. The molecule has 2 saturated heterocycles. The first-order valence-electron chi connectivity index (χ1n) is 13.2. The number of hydrogen-bond acceptors (Lipinski definition) is 10. The monoisotopic (exact) mass is 638 g/mol. The fourth-order valence-corrected chi connectivity index (χ4v) is 5.61. The van der Waals surface area contributed by atoms with E-state index in [1.807, 2.05) is 6.07 Å². The Labute approximate surface area is 249 Å². The van der Waals surface area contributed by atoms with Crippen LogP contribution in [0.3, 0.4) is 0 Å². The van der Waals surface area contributed by atoms with Gasteiger partial charge in [0.25, 0.3) is 0 Å². The Balaban J connectivity index is 1.25. The molecule has 15 heteroatoms. The molecular formula is C27H28N9O5Se. The molecule has 1 radical (unpaired) electrons. The number of hydrogen-bond donors (Lipinski definition) is 2. The number of fused-ring (bicyclic) bond motifs is 1. The van der Waals surface area contributed by atoms with Crippen LogP contribution in [0.2, 0.25) is 4.82 Å². The number of carbonyl (C=O) groups is 3. The number of carbonyl (C=O) groups excluding carboxylic acids is 2.